The van der Waals surface area contributed by atoms with Crippen LogP contribution in [0, 0.1) is 5.82 Å². The van der Waals surface area contributed by atoms with Gasteiger partial charge in [-0.05, 0) is 55.3 Å². The van der Waals surface area contributed by atoms with Crippen LogP contribution in [0.4, 0.5) is 4.39 Å². The first-order chi connectivity index (χ1) is 16.3. The lowest BCUT2D eigenvalue weighted by molar-refractivity contribution is -0.140. The van der Waals surface area contributed by atoms with Gasteiger partial charge < -0.3 is 24.6 Å². The molecule has 0 radical (unpaired) electrons. The Bertz CT molecular complexity index is 1110. The molecule has 1 atom stereocenters. The molecule has 1 aliphatic heterocycles. The molecule has 1 heterocycles. The van der Waals surface area contributed by atoms with E-state index in [2.05, 4.69) is 0 Å². The molecule has 1 unspecified atom stereocenters. The number of aliphatic hydroxyl groups excluding tert-OH is 1. The van der Waals surface area contributed by atoms with E-state index in [0.717, 1.165) is 12.1 Å². The van der Waals surface area contributed by atoms with Gasteiger partial charge >= 0.3 is 5.97 Å². The summed E-state index contributed by atoms with van der Waals surface area (Å²) in [7, 11) is 2.92. The third-order valence-corrected chi connectivity index (χ3v) is 5.68. The number of aliphatic hydroxyl groups is 1. The number of carbonyl (C=O) groups is 3. The third kappa shape index (κ3) is 5.19. The lowest BCUT2D eigenvalue weighted by atomic mass is 9.94. The number of nitrogens with zero attached hydrogens (tertiary/aromatic N) is 1. The SMILES string of the molecule is COc1ccc(OC)c(C2/C(=C(\O)c3ccc(F)cc3)C(=O)C(=O)N2CCCCCC(=O)O)c1. The van der Waals surface area contributed by atoms with Crippen LogP contribution < -0.4 is 9.47 Å². The smallest absolute Gasteiger partial charge is 0.303 e. The molecule has 1 aliphatic rings. The highest BCUT2D eigenvalue weighted by molar-refractivity contribution is 6.46. The van der Waals surface area contributed by atoms with Gasteiger partial charge in [0.15, 0.2) is 0 Å². The first kappa shape index (κ1) is 24.8. The number of halogens is 1. The molecular formula is C25H26FNO7. The maximum Gasteiger partial charge on any atom is 0.303 e. The van der Waals surface area contributed by atoms with Crippen LogP contribution in [-0.2, 0) is 14.4 Å². The summed E-state index contributed by atoms with van der Waals surface area (Å²) in [6.45, 7) is 0.162. The number of ether oxygens (including phenoxy) is 2. The first-order valence-corrected chi connectivity index (χ1v) is 10.8. The summed E-state index contributed by atoms with van der Waals surface area (Å²) in [6, 6.07) is 8.90. The van der Waals surface area contributed by atoms with E-state index in [1.807, 2.05) is 0 Å². The maximum atomic E-state index is 13.4. The van der Waals surface area contributed by atoms with Gasteiger partial charge in [-0.2, -0.15) is 0 Å². The van der Waals surface area contributed by atoms with Crippen LogP contribution in [0.15, 0.2) is 48.0 Å². The van der Waals surface area contributed by atoms with E-state index in [9.17, 15) is 23.9 Å². The molecule has 3 rings (SSSR count). The predicted octanol–water partition coefficient (Wildman–Crippen LogP) is 3.91. The van der Waals surface area contributed by atoms with Crippen molar-refractivity contribution in [1.29, 1.82) is 0 Å². The lowest BCUT2D eigenvalue weighted by Gasteiger charge is -2.27. The number of unbranched alkanes of at least 4 members (excludes halogenated alkanes) is 2. The second-order valence-corrected chi connectivity index (χ2v) is 7.81. The fourth-order valence-electron chi connectivity index (χ4n) is 3.99. The number of Topliss-reactive ketones (excluding diaryl/α,β-unsaturated/α-hetero) is 1. The zero-order valence-corrected chi connectivity index (χ0v) is 18.9. The number of hydrogen-bond donors (Lipinski definition) is 2. The number of carboxylic acids is 1. The van der Waals surface area contributed by atoms with Crippen LogP contribution in [0.5, 0.6) is 11.5 Å². The summed E-state index contributed by atoms with van der Waals surface area (Å²) in [6.07, 6.45) is 1.44. The summed E-state index contributed by atoms with van der Waals surface area (Å²) in [4.78, 5) is 38.2. The Morgan fingerprint density at radius 3 is 2.32 bits per heavy atom. The Balaban J connectivity index is 2.08. The minimum atomic E-state index is -0.977. The molecule has 9 heteroatoms. The molecule has 0 aliphatic carbocycles. The van der Waals surface area contributed by atoms with Crippen molar-refractivity contribution in [2.75, 3.05) is 20.8 Å². The number of aliphatic carboxylic acids is 1. The maximum absolute atomic E-state index is 13.4. The molecule has 0 saturated carbocycles. The number of benzene rings is 2. The van der Waals surface area contributed by atoms with Crippen molar-refractivity contribution >= 4 is 23.4 Å². The average Bonchev–Trinajstić information content (AvgIpc) is 3.08. The first-order valence-electron chi connectivity index (χ1n) is 10.8. The van der Waals surface area contributed by atoms with E-state index in [0.29, 0.717) is 36.3 Å². The number of hydrogen-bond acceptors (Lipinski definition) is 6. The van der Waals surface area contributed by atoms with Crippen LogP contribution in [0.2, 0.25) is 0 Å². The number of likely N-dealkylation sites (tertiary alicyclic amines) is 1. The molecular weight excluding hydrogens is 445 g/mol. The Kier molecular flexibility index (Phi) is 7.88. The Morgan fingerprint density at radius 1 is 1.00 bits per heavy atom. The highest BCUT2D eigenvalue weighted by atomic mass is 19.1. The summed E-state index contributed by atoms with van der Waals surface area (Å²) in [5.41, 5.74) is 0.483. The Hall–Kier alpha value is -3.88. The fraction of sp³-hybridized carbons (Fsp3) is 0.320. The number of ketones is 1. The van der Waals surface area contributed by atoms with E-state index in [-0.39, 0.29) is 24.1 Å². The lowest BCUT2D eigenvalue weighted by Crippen LogP contribution is -2.31. The molecule has 2 N–H and O–H groups in total. The fourth-order valence-corrected chi connectivity index (χ4v) is 3.99. The zero-order valence-electron chi connectivity index (χ0n) is 18.9. The minimum absolute atomic E-state index is 0.0104. The van der Waals surface area contributed by atoms with Gasteiger partial charge in [-0.1, -0.05) is 6.42 Å². The highest BCUT2D eigenvalue weighted by Crippen LogP contribution is 2.44. The summed E-state index contributed by atoms with van der Waals surface area (Å²) in [5.74, 6) is -2.66. The van der Waals surface area contributed by atoms with E-state index < -0.39 is 35.3 Å². The number of carboxylic acid groups (broad SMARTS) is 1. The molecule has 1 fully saturated rings. The van der Waals surface area contributed by atoms with E-state index in [4.69, 9.17) is 14.6 Å². The van der Waals surface area contributed by atoms with Gasteiger partial charge in [0.2, 0.25) is 0 Å². The second kappa shape index (κ2) is 10.8. The molecule has 0 bridgehead atoms. The van der Waals surface area contributed by atoms with Crippen LogP contribution >= 0.6 is 0 Å². The molecule has 2 aromatic carbocycles. The van der Waals surface area contributed by atoms with Crippen molar-refractivity contribution in [2.45, 2.75) is 31.7 Å². The van der Waals surface area contributed by atoms with Crippen molar-refractivity contribution in [3.63, 3.8) is 0 Å². The summed E-state index contributed by atoms with van der Waals surface area (Å²) >= 11 is 0. The molecule has 1 amide bonds. The molecule has 0 spiro atoms. The van der Waals surface area contributed by atoms with Crippen molar-refractivity contribution in [1.82, 2.24) is 4.90 Å². The summed E-state index contributed by atoms with van der Waals surface area (Å²) < 4.78 is 24.2. The van der Waals surface area contributed by atoms with Gasteiger partial charge in [0, 0.05) is 24.1 Å². The third-order valence-electron chi connectivity index (χ3n) is 5.68. The molecule has 0 aromatic heterocycles. The normalized spacial score (nSPS) is 17.1. The largest absolute Gasteiger partial charge is 0.507 e. The van der Waals surface area contributed by atoms with Gasteiger partial charge in [0.25, 0.3) is 11.7 Å². The monoisotopic (exact) mass is 471 g/mol. The van der Waals surface area contributed by atoms with Crippen molar-refractivity contribution in [3.05, 3.63) is 65.0 Å². The predicted molar refractivity (Wildman–Crippen MR) is 121 cm³/mol. The van der Waals surface area contributed by atoms with Gasteiger partial charge in [0.05, 0.1) is 25.8 Å². The molecule has 180 valence electrons. The molecule has 34 heavy (non-hydrogen) atoms. The van der Waals surface area contributed by atoms with Gasteiger partial charge in [-0.25, -0.2) is 4.39 Å². The molecule has 8 nitrogen and oxygen atoms in total. The van der Waals surface area contributed by atoms with Crippen molar-refractivity contribution in [3.8, 4) is 11.5 Å². The van der Waals surface area contributed by atoms with Gasteiger partial charge in [0.1, 0.15) is 23.1 Å². The number of amides is 1. The Labute approximate surface area is 196 Å². The summed E-state index contributed by atoms with van der Waals surface area (Å²) in [5, 5.41) is 19.9. The number of carbonyl (C=O) groups excluding carboxylic acids is 2. The average molecular weight is 471 g/mol. The number of rotatable bonds is 10. The highest BCUT2D eigenvalue weighted by Gasteiger charge is 2.47. The van der Waals surface area contributed by atoms with Crippen LogP contribution in [0.25, 0.3) is 5.76 Å². The molecule has 1 saturated heterocycles. The minimum Gasteiger partial charge on any atom is -0.507 e. The van der Waals surface area contributed by atoms with Crippen LogP contribution in [0.3, 0.4) is 0 Å². The molecule has 2 aromatic rings. The quantitative estimate of drug-likeness (QED) is 0.234. The van der Waals surface area contributed by atoms with E-state index in [1.54, 1.807) is 18.2 Å². The van der Waals surface area contributed by atoms with Gasteiger partial charge in [-0.3, -0.25) is 14.4 Å². The van der Waals surface area contributed by atoms with E-state index in [1.165, 1.54) is 31.3 Å². The van der Waals surface area contributed by atoms with Gasteiger partial charge in [-0.15, -0.1) is 0 Å². The van der Waals surface area contributed by atoms with Crippen LogP contribution in [-0.4, -0.2) is 53.5 Å². The topological polar surface area (TPSA) is 113 Å². The standard InChI is InChI=1S/C25H26FNO7/c1-33-17-11-12-19(34-2)18(14-17)22-21(23(30)15-7-9-16(26)10-8-15)24(31)25(32)27(22)13-5-3-4-6-20(28)29/h7-12,14,22,30H,3-6,13H2,1-2H3,(H,28,29)/b23-21+. The number of methoxy groups -OCH3 is 2. The zero-order chi connectivity index (χ0) is 24.8. The van der Waals surface area contributed by atoms with Crippen molar-refractivity contribution in [2.24, 2.45) is 0 Å². The van der Waals surface area contributed by atoms with Crippen LogP contribution in [0.1, 0.15) is 42.9 Å². The van der Waals surface area contributed by atoms with E-state index >= 15 is 0 Å². The Morgan fingerprint density at radius 2 is 1.71 bits per heavy atom. The van der Waals surface area contributed by atoms with Crippen molar-refractivity contribution < 1.29 is 38.5 Å². The second-order valence-electron chi connectivity index (χ2n) is 7.81.